The molecule has 0 fully saturated rings. The summed E-state index contributed by atoms with van der Waals surface area (Å²) < 4.78 is 7.71. The van der Waals surface area contributed by atoms with Gasteiger partial charge in [-0.25, -0.2) is 0 Å². The molecule has 0 N–H and O–H groups in total. The van der Waals surface area contributed by atoms with Crippen molar-refractivity contribution in [1.82, 2.24) is 29.9 Å². The lowest BCUT2D eigenvalue weighted by atomic mass is 10.4. The number of aryl methyl sites for hydroxylation is 1. The highest BCUT2D eigenvalue weighted by atomic mass is 32.2. The van der Waals surface area contributed by atoms with Crippen molar-refractivity contribution in [3.63, 3.8) is 0 Å². The molecule has 144 valence electrons. The zero-order valence-electron chi connectivity index (χ0n) is 15.6. The molecule has 1 amide bonds. The molecule has 0 saturated carbocycles. The minimum absolute atomic E-state index is 0.0148. The molecule has 3 heterocycles. The summed E-state index contributed by atoms with van der Waals surface area (Å²) in [5.41, 5.74) is 0. The topological polar surface area (TPSA) is 89.9 Å². The number of rotatable bonds is 9. The van der Waals surface area contributed by atoms with Gasteiger partial charge in [0.25, 0.3) is 5.89 Å². The maximum absolute atomic E-state index is 12.7. The van der Waals surface area contributed by atoms with Gasteiger partial charge in [-0.05, 0) is 31.7 Å². The van der Waals surface area contributed by atoms with Crippen LogP contribution in [0.25, 0.3) is 10.8 Å². The maximum atomic E-state index is 12.7. The lowest BCUT2D eigenvalue weighted by molar-refractivity contribution is -0.129. The summed E-state index contributed by atoms with van der Waals surface area (Å²) in [5.74, 6) is 2.10. The van der Waals surface area contributed by atoms with E-state index in [0.717, 1.165) is 28.8 Å². The van der Waals surface area contributed by atoms with Gasteiger partial charge >= 0.3 is 0 Å². The summed E-state index contributed by atoms with van der Waals surface area (Å²) in [6, 6.07) is 3.87. The Morgan fingerprint density at radius 3 is 2.85 bits per heavy atom. The van der Waals surface area contributed by atoms with Crippen molar-refractivity contribution >= 4 is 29.0 Å². The normalized spacial score (nSPS) is 11.1. The first-order chi connectivity index (χ1) is 13.1. The van der Waals surface area contributed by atoms with E-state index in [9.17, 15) is 4.79 Å². The summed E-state index contributed by atoms with van der Waals surface area (Å²) in [6.07, 6.45) is 0.854. The number of carbonyl (C=O) groups is 1. The number of nitrogens with zero attached hydrogens (tertiary/aromatic N) is 6. The minimum Gasteiger partial charge on any atom is -0.418 e. The van der Waals surface area contributed by atoms with Crippen molar-refractivity contribution < 1.29 is 9.21 Å². The van der Waals surface area contributed by atoms with Crippen molar-refractivity contribution in [3.8, 4) is 10.8 Å². The van der Waals surface area contributed by atoms with Crippen molar-refractivity contribution in [1.29, 1.82) is 0 Å². The van der Waals surface area contributed by atoms with Crippen LogP contribution in [0.3, 0.4) is 0 Å². The van der Waals surface area contributed by atoms with Crippen LogP contribution in [0.2, 0.25) is 0 Å². The van der Waals surface area contributed by atoms with Crippen molar-refractivity contribution in [3.05, 3.63) is 29.2 Å². The average Bonchev–Trinajstić information content (AvgIpc) is 3.40. The van der Waals surface area contributed by atoms with Gasteiger partial charge in [-0.1, -0.05) is 24.8 Å². The van der Waals surface area contributed by atoms with E-state index in [4.69, 9.17) is 4.42 Å². The third-order valence-corrected chi connectivity index (χ3v) is 5.72. The fourth-order valence-electron chi connectivity index (χ4n) is 2.59. The van der Waals surface area contributed by atoms with Gasteiger partial charge in [0.15, 0.2) is 5.16 Å². The third-order valence-electron chi connectivity index (χ3n) is 3.91. The molecular weight excluding hydrogens is 384 g/mol. The zero-order chi connectivity index (χ0) is 19.2. The van der Waals surface area contributed by atoms with Gasteiger partial charge in [0, 0.05) is 13.1 Å². The van der Waals surface area contributed by atoms with Crippen LogP contribution >= 0.6 is 23.1 Å². The monoisotopic (exact) mass is 406 g/mol. The highest BCUT2D eigenvalue weighted by Crippen LogP contribution is 2.23. The van der Waals surface area contributed by atoms with Crippen LogP contribution in [0, 0.1) is 6.92 Å². The molecule has 0 bridgehead atoms. The summed E-state index contributed by atoms with van der Waals surface area (Å²) in [6.45, 7) is 7.70. The molecule has 3 rings (SSSR count). The zero-order valence-corrected chi connectivity index (χ0v) is 17.2. The smallest absolute Gasteiger partial charge is 0.257 e. The highest BCUT2D eigenvalue weighted by molar-refractivity contribution is 7.99. The molecule has 0 aliphatic rings. The van der Waals surface area contributed by atoms with Gasteiger partial charge in [-0.2, -0.15) is 0 Å². The van der Waals surface area contributed by atoms with E-state index in [1.165, 1.54) is 11.8 Å². The Morgan fingerprint density at radius 2 is 2.15 bits per heavy atom. The van der Waals surface area contributed by atoms with E-state index in [0.29, 0.717) is 30.6 Å². The van der Waals surface area contributed by atoms with Crippen LogP contribution in [-0.4, -0.2) is 48.1 Å². The van der Waals surface area contributed by atoms with Crippen molar-refractivity contribution in [2.45, 2.75) is 45.4 Å². The van der Waals surface area contributed by atoms with E-state index >= 15 is 0 Å². The Labute approximate surface area is 166 Å². The van der Waals surface area contributed by atoms with Gasteiger partial charge in [-0.3, -0.25) is 4.79 Å². The molecule has 0 spiro atoms. The summed E-state index contributed by atoms with van der Waals surface area (Å²) >= 11 is 2.94. The number of hydrogen-bond donors (Lipinski definition) is 0. The Kier molecular flexibility index (Phi) is 6.62. The van der Waals surface area contributed by atoms with Gasteiger partial charge in [0.05, 0.1) is 17.2 Å². The van der Waals surface area contributed by atoms with Crippen LogP contribution in [0.1, 0.15) is 32.0 Å². The van der Waals surface area contributed by atoms with Crippen LogP contribution in [0.4, 0.5) is 0 Å². The second kappa shape index (κ2) is 9.14. The highest BCUT2D eigenvalue weighted by Gasteiger charge is 2.19. The predicted octanol–water partition coefficient (Wildman–Crippen LogP) is 3.25. The molecular formula is C17H22N6O2S2. The fourth-order valence-corrected chi connectivity index (χ4v) is 4.19. The second-order valence-electron chi connectivity index (χ2n) is 5.86. The molecule has 0 unspecified atom stereocenters. The molecule has 3 aromatic rings. The van der Waals surface area contributed by atoms with E-state index < -0.39 is 0 Å². The summed E-state index contributed by atoms with van der Waals surface area (Å²) in [7, 11) is 0. The second-order valence-corrected chi connectivity index (χ2v) is 7.75. The van der Waals surface area contributed by atoms with Crippen LogP contribution in [0.5, 0.6) is 0 Å². The molecule has 0 radical (unpaired) electrons. The Morgan fingerprint density at radius 1 is 1.30 bits per heavy atom. The number of amides is 1. The molecule has 0 aliphatic heterocycles. The Hall–Kier alpha value is -2.20. The van der Waals surface area contributed by atoms with E-state index in [-0.39, 0.29) is 5.91 Å². The van der Waals surface area contributed by atoms with Crippen molar-refractivity contribution in [2.75, 3.05) is 12.3 Å². The summed E-state index contributed by atoms with van der Waals surface area (Å²) in [4.78, 5) is 15.4. The molecule has 8 nitrogen and oxygen atoms in total. The predicted molar refractivity (Wildman–Crippen MR) is 104 cm³/mol. The SMILES string of the molecule is CCCN(Cc1nnc(-c2cccs2)o1)C(=O)CSc1nnc(C)n1CC. The number of carbonyl (C=O) groups excluding carboxylic acids is 1. The van der Waals surface area contributed by atoms with Crippen LogP contribution in [0.15, 0.2) is 27.1 Å². The lowest BCUT2D eigenvalue weighted by Crippen LogP contribution is -2.33. The maximum Gasteiger partial charge on any atom is 0.257 e. The Bertz CT molecular complexity index is 874. The number of thiophene rings is 1. The molecule has 0 aliphatic carbocycles. The van der Waals surface area contributed by atoms with Crippen LogP contribution < -0.4 is 0 Å². The van der Waals surface area contributed by atoms with E-state index in [1.54, 1.807) is 16.2 Å². The van der Waals surface area contributed by atoms with E-state index in [1.807, 2.05) is 42.9 Å². The van der Waals surface area contributed by atoms with E-state index in [2.05, 4.69) is 20.4 Å². The molecule has 0 atom stereocenters. The van der Waals surface area contributed by atoms with Gasteiger partial charge in [-0.15, -0.1) is 31.7 Å². The number of aromatic nitrogens is 5. The Balaban J connectivity index is 1.63. The largest absolute Gasteiger partial charge is 0.418 e. The molecule has 0 aromatic carbocycles. The molecule has 0 saturated heterocycles. The molecule has 27 heavy (non-hydrogen) atoms. The first kappa shape index (κ1) is 19.6. The first-order valence-electron chi connectivity index (χ1n) is 8.79. The first-order valence-corrected chi connectivity index (χ1v) is 10.7. The van der Waals surface area contributed by atoms with Gasteiger partial charge < -0.3 is 13.9 Å². The average molecular weight is 407 g/mol. The molecule has 10 heteroatoms. The summed E-state index contributed by atoms with van der Waals surface area (Å²) in [5, 5.41) is 19.1. The van der Waals surface area contributed by atoms with Crippen LogP contribution in [-0.2, 0) is 17.9 Å². The third kappa shape index (κ3) is 4.75. The number of thioether (sulfide) groups is 1. The van der Waals surface area contributed by atoms with Gasteiger partial charge in [0.2, 0.25) is 11.8 Å². The standard InChI is InChI=1S/C17H22N6O2S2/c1-4-8-22(10-14-19-20-16(25-14)13-7-6-9-26-13)15(24)11-27-17-21-18-12(3)23(17)5-2/h6-7,9H,4-5,8,10-11H2,1-3H3. The lowest BCUT2D eigenvalue weighted by Gasteiger charge is -2.20. The molecule has 3 aromatic heterocycles. The van der Waals surface area contributed by atoms with Crippen molar-refractivity contribution in [2.24, 2.45) is 0 Å². The van der Waals surface area contributed by atoms with Gasteiger partial charge in [0.1, 0.15) is 5.82 Å². The minimum atomic E-state index is 0.0148. The fraction of sp³-hybridized carbons (Fsp3) is 0.471. The number of hydrogen-bond acceptors (Lipinski definition) is 8. The quantitative estimate of drug-likeness (QED) is 0.504.